The summed E-state index contributed by atoms with van der Waals surface area (Å²) in [5.74, 6) is 0.158. The van der Waals surface area contributed by atoms with Crippen LogP contribution in [0.25, 0.3) is 33.5 Å². The Hall–Kier alpha value is -4.74. The second kappa shape index (κ2) is 17.5. The average Bonchev–Trinajstić information content (AvgIpc) is 4.11. The quantitative estimate of drug-likeness (QED) is 0.0579. The molecule has 0 aliphatic carbocycles. The minimum atomic E-state index is -5.09. The number of nitrogens with two attached hydrogens (primary N) is 3. The fraction of sp³-hybridized carbons (Fsp3) is 0.531. The number of aliphatic hydroxyl groups is 2. The highest BCUT2D eigenvalue weighted by Crippen LogP contribution is 2.53. The molecule has 350 valence electrons. The molecule has 6 aromatic rings. The summed E-state index contributed by atoms with van der Waals surface area (Å²) in [5, 5.41) is 21.7. The van der Waals surface area contributed by atoms with Crippen LogP contribution in [-0.4, -0.2) is 152 Å². The standard InChI is InChI=1S/C32H42N15O15P3/c1-63(50,51)3-2-14-4-16(30(58-14)45-11-42-19-24(33)36-8-39-27(19)45)61-64(52,53)56-6-15-5-17(31(59-15)46-12-43-20-25(34)37-9-40-28(20)46)62-65(54,55)57-7-18-22(48)23(49)32(60-18)47-13-44-21-26(35)38-10-41-29(21)47/h8-18,22-23,30-32,48-49H,2-7H2,1H3,(H,50,51)(H,52,53)(H,54,55)(H2,33,36,39)(H2,34,37,40)(H2,35,38,41)/t14-,15+,16-,17-,18-,22-,23-,30-,31-,32-/m1/s1. The van der Waals surface area contributed by atoms with Crippen LogP contribution in [-0.2, 0) is 46.0 Å². The van der Waals surface area contributed by atoms with Gasteiger partial charge in [-0.3, -0.25) is 36.4 Å². The van der Waals surface area contributed by atoms with Crippen LogP contribution >= 0.6 is 23.0 Å². The molecule has 3 aliphatic heterocycles. The number of rotatable bonds is 16. The van der Waals surface area contributed by atoms with Crippen LogP contribution < -0.4 is 17.2 Å². The number of aliphatic hydroxyl groups excluding tert-OH is 2. The predicted molar refractivity (Wildman–Crippen MR) is 219 cm³/mol. The lowest BCUT2D eigenvalue weighted by molar-refractivity contribution is -0.0632. The zero-order valence-electron chi connectivity index (χ0n) is 33.7. The van der Waals surface area contributed by atoms with Gasteiger partial charge in [0.15, 0.2) is 60.4 Å². The summed E-state index contributed by atoms with van der Waals surface area (Å²) in [6.07, 6.45) is -5.36. The molecule has 3 saturated heterocycles. The molecule has 0 radical (unpaired) electrons. The van der Waals surface area contributed by atoms with Crippen molar-refractivity contribution in [3.63, 3.8) is 0 Å². The molecule has 0 bridgehead atoms. The van der Waals surface area contributed by atoms with E-state index < -0.39 is 97.6 Å². The molecule has 13 atom stereocenters. The molecule has 11 N–H and O–H groups in total. The van der Waals surface area contributed by atoms with Crippen LogP contribution in [0.5, 0.6) is 0 Å². The first-order valence-corrected chi connectivity index (χ1v) is 24.9. The van der Waals surface area contributed by atoms with Crippen LogP contribution in [0.15, 0.2) is 38.0 Å². The van der Waals surface area contributed by atoms with Gasteiger partial charge in [0.2, 0.25) is 0 Å². The average molecular weight is 970 g/mol. The van der Waals surface area contributed by atoms with E-state index in [4.69, 9.17) is 49.5 Å². The minimum Gasteiger partial charge on any atom is -0.387 e. The second-order valence-corrected chi connectivity index (χ2v) is 20.8. The Morgan fingerprint density at radius 1 is 0.615 bits per heavy atom. The summed E-state index contributed by atoms with van der Waals surface area (Å²) >= 11 is 0. The Morgan fingerprint density at radius 2 is 1.05 bits per heavy atom. The SMILES string of the molecule is CP(=O)(O)CC[C@@H]1C[C@@H](OP(=O)(O)OC[C@@H]2C[C@@H](OP(=O)(O)OC[C@H]3O[C@@H](n4cnc5c(N)ncnc54)[C@H](O)[C@@H]3O)[C@H](n3cnc4c(N)ncnc43)O2)[C@H](n2cnc3c(N)ncnc32)O1. The number of aromatic nitrogens is 12. The van der Waals surface area contributed by atoms with E-state index in [2.05, 4.69) is 44.9 Å². The number of fused-ring (bicyclic) bond motifs is 3. The van der Waals surface area contributed by atoms with Crippen molar-refractivity contribution >= 4 is 74.0 Å². The lowest BCUT2D eigenvalue weighted by Crippen LogP contribution is -2.33. The first kappa shape index (κ1) is 45.4. The van der Waals surface area contributed by atoms with E-state index in [1.165, 1.54) is 52.0 Å². The van der Waals surface area contributed by atoms with E-state index in [0.717, 1.165) is 6.33 Å². The summed E-state index contributed by atoms with van der Waals surface area (Å²) in [7, 11) is -13.5. The smallest absolute Gasteiger partial charge is 0.387 e. The highest BCUT2D eigenvalue weighted by molar-refractivity contribution is 7.57. The molecule has 3 fully saturated rings. The first-order valence-electron chi connectivity index (χ1n) is 19.6. The lowest BCUT2D eigenvalue weighted by Gasteiger charge is -2.23. The van der Waals surface area contributed by atoms with Gasteiger partial charge in [0.1, 0.15) is 66.1 Å². The van der Waals surface area contributed by atoms with Gasteiger partial charge in [0.25, 0.3) is 0 Å². The molecule has 0 aromatic carbocycles. The molecule has 3 aliphatic rings. The molecule has 0 saturated carbocycles. The Labute approximate surface area is 364 Å². The topological polar surface area (TPSA) is 426 Å². The van der Waals surface area contributed by atoms with Crippen molar-refractivity contribution in [1.82, 2.24) is 58.6 Å². The first-order chi connectivity index (χ1) is 30.8. The highest BCUT2D eigenvalue weighted by atomic mass is 31.2. The third-order valence-electron chi connectivity index (χ3n) is 10.8. The van der Waals surface area contributed by atoms with E-state index in [1.807, 2.05) is 0 Å². The summed E-state index contributed by atoms with van der Waals surface area (Å²) < 4.78 is 83.6. The fourth-order valence-electron chi connectivity index (χ4n) is 7.80. The summed E-state index contributed by atoms with van der Waals surface area (Å²) in [6, 6.07) is 0. The number of ether oxygens (including phenoxy) is 3. The van der Waals surface area contributed by atoms with Crippen LogP contribution in [0.2, 0.25) is 0 Å². The molecule has 0 amide bonds. The number of phosphoric acid groups is 2. The maximum atomic E-state index is 13.7. The summed E-state index contributed by atoms with van der Waals surface area (Å²) in [6.45, 7) is -0.174. The van der Waals surface area contributed by atoms with Gasteiger partial charge in [0, 0.05) is 25.7 Å². The normalized spacial score (nSPS) is 30.0. The number of phosphoric ester groups is 2. The Morgan fingerprint density at radius 3 is 1.52 bits per heavy atom. The van der Waals surface area contributed by atoms with Crippen molar-refractivity contribution in [2.45, 2.75) is 80.7 Å². The maximum absolute atomic E-state index is 13.7. The molecular weight excluding hydrogens is 927 g/mol. The largest absolute Gasteiger partial charge is 0.472 e. The van der Waals surface area contributed by atoms with Crippen LogP contribution in [0.4, 0.5) is 17.5 Å². The van der Waals surface area contributed by atoms with Crippen LogP contribution in [0, 0.1) is 0 Å². The lowest BCUT2D eigenvalue weighted by atomic mass is 10.1. The highest BCUT2D eigenvalue weighted by Gasteiger charge is 2.48. The van der Waals surface area contributed by atoms with Crippen LogP contribution in [0.1, 0.15) is 37.9 Å². The van der Waals surface area contributed by atoms with Gasteiger partial charge in [0.05, 0.1) is 44.4 Å². The van der Waals surface area contributed by atoms with Crippen molar-refractivity contribution in [1.29, 1.82) is 0 Å². The Bertz CT molecular complexity index is 2860. The van der Waals surface area contributed by atoms with E-state index >= 15 is 0 Å². The molecule has 9 rings (SSSR count). The minimum absolute atomic E-state index is 0.00569. The van der Waals surface area contributed by atoms with Gasteiger partial charge in [-0.2, -0.15) is 0 Å². The van der Waals surface area contributed by atoms with E-state index in [-0.39, 0.29) is 76.4 Å². The van der Waals surface area contributed by atoms with Crippen molar-refractivity contribution in [2.75, 3.05) is 43.2 Å². The van der Waals surface area contributed by atoms with Gasteiger partial charge >= 0.3 is 15.6 Å². The zero-order chi connectivity index (χ0) is 46.0. The number of hydrogen-bond donors (Lipinski definition) is 8. The number of nitrogens with zero attached hydrogens (tertiary/aromatic N) is 12. The number of anilines is 3. The molecule has 0 spiro atoms. The van der Waals surface area contributed by atoms with E-state index in [1.54, 1.807) is 0 Å². The van der Waals surface area contributed by atoms with E-state index in [9.17, 15) is 38.6 Å². The molecule has 3 unspecified atom stereocenters. The third-order valence-corrected chi connectivity index (χ3v) is 14.0. The number of nitrogen functional groups attached to an aromatic ring is 3. The Kier molecular flexibility index (Phi) is 12.2. The summed E-state index contributed by atoms with van der Waals surface area (Å²) in [5.41, 5.74) is 19.0. The van der Waals surface area contributed by atoms with E-state index in [0.29, 0.717) is 0 Å². The zero-order valence-corrected chi connectivity index (χ0v) is 36.4. The van der Waals surface area contributed by atoms with Gasteiger partial charge in [-0.05, 0) is 6.42 Å². The Balaban J connectivity index is 0.891. The van der Waals surface area contributed by atoms with Gasteiger partial charge in [-0.1, -0.05) is 0 Å². The summed E-state index contributed by atoms with van der Waals surface area (Å²) in [4.78, 5) is 68.9. The van der Waals surface area contributed by atoms with Crippen molar-refractivity contribution in [2.24, 2.45) is 0 Å². The van der Waals surface area contributed by atoms with Gasteiger partial charge in [-0.25, -0.2) is 54.0 Å². The third kappa shape index (κ3) is 9.34. The number of imidazole rings is 3. The maximum Gasteiger partial charge on any atom is 0.472 e. The molecule has 65 heavy (non-hydrogen) atoms. The second-order valence-electron chi connectivity index (χ2n) is 15.4. The van der Waals surface area contributed by atoms with Crippen LogP contribution in [0.3, 0.4) is 0 Å². The molecule has 9 heterocycles. The van der Waals surface area contributed by atoms with Gasteiger partial charge < -0.3 is 56.3 Å². The monoisotopic (exact) mass is 969 g/mol. The molecular formula is C32H42N15O15P3. The van der Waals surface area contributed by atoms with Crippen molar-refractivity contribution in [3.8, 4) is 0 Å². The molecule has 6 aromatic heterocycles. The fourth-order valence-corrected chi connectivity index (χ4v) is 10.4. The van der Waals surface area contributed by atoms with Crippen molar-refractivity contribution in [3.05, 3.63) is 38.0 Å². The van der Waals surface area contributed by atoms with Gasteiger partial charge in [-0.15, -0.1) is 0 Å². The molecule has 33 heteroatoms. The number of hydrogen-bond acceptors (Lipinski definition) is 24. The van der Waals surface area contributed by atoms with Crippen molar-refractivity contribution < 1.29 is 70.9 Å². The molecule has 30 nitrogen and oxygen atoms in total. The predicted octanol–water partition coefficient (Wildman–Crippen LogP) is -0.258.